The first kappa shape index (κ1) is 11.7. The van der Waals surface area contributed by atoms with Crippen LogP contribution >= 0.6 is 0 Å². The molecule has 0 amide bonds. The van der Waals surface area contributed by atoms with Crippen LogP contribution in [0.5, 0.6) is 0 Å². The zero-order valence-corrected chi connectivity index (χ0v) is 7.20. The third kappa shape index (κ3) is 8.65. The van der Waals surface area contributed by atoms with Crippen LogP contribution in [0.2, 0.25) is 0 Å². The van der Waals surface area contributed by atoms with Crippen LogP contribution in [0.3, 0.4) is 0 Å². The van der Waals surface area contributed by atoms with E-state index in [0.717, 1.165) is 0 Å². The van der Waals surface area contributed by atoms with Crippen LogP contribution in [-0.2, 0) is 0 Å². The molecule has 0 rings (SSSR count). The van der Waals surface area contributed by atoms with Gasteiger partial charge in [-0.1, -0.05) is 17.9 Å². The molecule has 0 aromatic heterocycles. The van der Waals surface area contributed by atoms with E-state index in [0.29, 0.717) is 0 Å². The first-order valence-electron chi connectivity index (χ1n) is 3.87. The fraction of sp³-hybridized carbons (Fsp3) is 0.400. The molecular weight excluding hydrogens is 168 g/mol. The van der Waals surface area contributed by atoms with Crippen LogP contribution < -0.4 is 0 Å². The maximum atomic E-state index is 8.99. The molecule has 0 fully saturated rings. The Kier molecular flexibility index (Phi) is 7.98. The van der Waals surface area contributed by atoms with Crippen LogP contribution in [0, 0.1) is 23.7 Å². The molecule has 1 atom stereocenters. The van der Waals surface area contributed by atoms with E-state index >= 15 is 0 Å². The summed E-state index contributed by atoms with van der Waals surface area (Å²) >= 11 is 0. The van der Waals surface area contributed by atoms with Gasteiger partial charge in [-0.05, 0) is 17.9 Å². The van der Waals surface area contributed by atoms with Gasteiger partial charge in [-0.2, -0.15) is 0 Å². The molecular formula is C10H12O3. The van der Waals surface area contributed by atoms with Crippen molar-refractivity contribution in [2.24, 2.45) is 0 Å². The molecule has 0 aromatic rings. The van der Waals surface area contributed by atoms with Gasteiger partial charge in [0.25, 0.3) is 0 Å². The van der Waals surface area contributed by atoms with Gasteiger partial charge >= 0.3 is 0 Å². The van der Waals surface area contributed by atoms with Crippen molar-refractivity contribution >= 4 is 0 Å². The van der Waals surface area contributed by atoms with Gasteiger partial charge in [0.2, 0.25) is 0 Å². The molecule has 70 valence electrons. The number of allylic oxidation sites excluding steroid dienone is 1. The Morgan fingerprint density at radius 2 is 2.00 bits per heavy atom. The molecule has 0 bridgehead atoms. The van der Waals surface area contributed by atoms with E-state index in [-0.39, 0.29) is 19.6 Å². The van der Waals surface area contributed by atoms with Crippen molar-refractivity contribution in [3.8, 4) is 23.7 Å². The summed E-state index contributed by atoms with van der Waals surface area (Å²) in [4.78, 5) is 0. The van der Waals surface area contributed by atoms with Crippen LogP contribution in [-0.4, -0.2) is 34.6 Å². The summed E-state index contributed by atoms with van der Waals surface area (Å²) in [5.74, 6) is 9.86. The standard InChI is InChI=1S/C10H12O3/c11-8-5-3-1-2-4-6-10(13)7-9-12/h3,5,10-13H,7-9H2. The van der Waals surface area contributed by atoms with Crippen molar-refractivity contribution < 1.29 is 15.3 Å². The molecule has 0 saturated heterocycles. The smallest absolute Gasteiger partial charge is 0.117 e. The predicted octanol–water partition coefficient (Wildman–Crippen LogP) is -0.715. The molecule has 0 aliphatic heterocycles. The molecule has 0 saturated carbocycles. The highest BCUT2D eigenvalue weighted by atomic mass is 16.3. The zero-order chi connectivity index (χ0) is 9.94. The molecule has 0 spiro atoms. The number of hydrogen-bond donors (Lipinski definition) is 3. The van der Waals surface area contributed by atoms with Gasteiger partial charge in [0.1, 0.15) is 6.10 Å². The highest BCUT2D eigenvalue weighted by molar-refractivity contribution is 5.31. The highest BCUT2D eigenvalue weighted by Gasteiger charge is 1.94. The van der Waals surface area contributed by atoms with Crippen molar-refractivity contribution in [1.82, 2.24) is 0 Å². The molecule has 0 aliphatic rings. The third-order valence-corrected chi connectivity index (χ3v) is 1.08. The lowest BCUT2D eigenvalue weighted by molar-refractivity contribution is 0.177. The van der Waals surface area contributed by atoms with E-state index in [4.69, 9.17) is 15.3 Å². The average Bonchev–Trinajstić information content (AvgIpc) is 2.11. The molecule has 3 nitrogen and oxygen atoms in total. The number of rotatable bonds is 3. The van der Waals surface area contributed by atoms with Crippen LogP contribution in [0.25, 0.3) is 0 Å². The molecule has 13 heavy (non-hydrogen) atoms. The molecule has 0 heterocycles. The Balaban J connectivity index is 3.81. The number of aliphatic hydroxyl groups is 3. The monoisotopic (exact) mass is 180 g/mol. The normalized spacial score (nSPS) is 11.3. The Bertz CT molecular complexity index is 259. The Morgan fingerprint density at radius 3 is 2.62 bits per heavy atom. The molecule has 0 radical (unpaired) electrons. The van der Waals surface area contributed by atoms with Gasteiger partial charge in [-0.15, -0.1) is 0 Å². The Hall–Kier alpha value is -1.26. The van der Waals surface area contributed by atoms with E-state index in [1.165, 1.54) is 12.2 Å². The second-order valence-corrected chi connectivity index (χ2v) is 2.15. The summed E-state index contributed by atoms with van der Waals surface area (Å²) in [6, 6.07) is 0. The minimum atomic E-state index is -0.818. The van der Waals surface area contributed by atoms with E-state index < -0.39 is 6.10 Å². The van der Waals surface area contributed by atoms with E-state index in [9.17, 15) is 0 Å². The summed E-state index contributed by atoms with van der Waals surface area (Å²) in [6.45, 7) is -0.136. The van der Waals surface area contributed by atoms with E-state index in [1.54, 1.807) is 0 Å². The predicted molar refractivity (Wildman–Crippen MR) is 49.5 cm³/mol. The molecule has 0 aliphatic carbocycles. The summed E-state index contributed by atoms with van der Waals surface area (Å²) in [6.07, 6.45) is 2.38. The van der Waals surface area contributed by atoms with Crippen molar-refractivity contribution in [2.75, 3.05) is 13.2 Å². The third-order valence-electron chi connectivity index (χ3n) is 1.08. The average molecular weight is 180 g/mol. The molecule has 3 N–H and O–H groups in total. The lowest BCUT2D eigenvalue weighted by atomic mass is 10.3. The Labute approximate surface area is 77.7 Å². The number of aliphatic hydroxyl groups excluding tert-OH is 3. The van der Waals surface area contributed by atoms with E-state index in [2.05, 4.69) is 23.7 Å². The van der Waals surface area contributed by atoms with Crippen LogP contribution in [0.15, 0.2) is 12.2 Å². The Morgan fingerprint density at radius 1 is 1.23 bits per heavy atom. The van der Waals surface area contributed by atoms with Gasteiger partial charge in [-0.25, -0.2) is 0 Å². The van der Waals surface area contributed by atoms with Crippen molar-refractivity contribution in [2.45, 2.75) is 12.5 Å². The van der Waals surface area contributed by atoms with E-state index in [1.807, 2.05) is 0 Å². The van der Waals surface area contributed by atoms with Gasteiger partial charge in [0, 0.05) is 13.0 Å². The minimum Gasteiger partial charge on any atom is -0.396 e. The maximum absolute atomic E-state index is 8.99. The summed E-state index contributed by atoms with van der Waals surface area (Å²) < 4.78 is 0. The highest BCUT2D eigenvalue weighted by Crippen LogP contribution is 1.85. The lowest BCUT2D eigenvalue weighted by Gasteiger charge is -1.95. The quantitative estimate of drug-likeness (QED) is 0.502. The first-order chi connectivity index (χ1) is 6.31. The van der Waals surface area contributed by atoms with Crippen LogP contribution in [0.4, 0.5) is 0 Å². The fourth-order valence-corrected chi connectivity index (χ4v) is 0.503. The van der Waals surface area contributed by atoms with Crippen molar-refractivity contribution in [3.05, 3.63) is 12.2 Å². The maximum Gasteiger partial charge on any atom is 0.117 e. The summed E-state index contributed by atoms with van der Waals surface area (Å²) in [5, 5.41) is 25.7. The van der Waals surface area contributed by atoms with Gasteiger partial charge in [0.05, 0.1) is 6.61 Å². The molecule has 0 aromatic carbocycles. The van der Waals surface area contributed by atoms with Crippen molar-refractivity contribution in [3.63, 3.8) is 0 Å². The van der Waals surface area contributed by atoms with Crippen LogP contribution in [0.1, 0.15) is 6.42 Å². The zero-order valence-electron chi connectivity index (χ0n) is 7.20. The second-order valence-electron chi connectivity index (χ2n) is 2.15. The summed E-state index contributed by atoms with van der Waals surface area (Å²) in [7, 11) is 0. The summed E-state index contributed by atoms with van der Waals surface area (Å²) in [5.41, 5.74) is 0. The van der Waals surface area contributed by atoms with Crippen molar-refractivity contribution in [1.29, 1.82) is 0 Å². The SMILES string of the molecule is OCC=CC#CC#CC(O)CCO. The second kappa shape index (κ2) is 8.83. The number of hydrogen-bond acceptors (Lipinski definition) is 3. The largest absolute Gasteiger partial charge is 0.396 e. The molecule has 1 unspecified atom stereocenters. The first-order valence-corrected chi connectivity index (χ1v) is 3.87. The lowest BCUT2D eigenvalue weighted by Crippen LogP contribution is -2.04. The topological polar surface area (TPSA) is 60.7 Å². The van der Waals surface area contributed by atoms with Gasteiger partial charge < -0.3 is 15.3 Å². The minimum absolute atomic E-state index is 0.0464. The fourth-order valence-electron chi connectivity index (χ4n) is 0.503. The van der Waals surface area contributed by atoms with Gasteiger partial charge in [0.15, 0.2) is 0 Å². The molecule has 3 heteroatoms. The van der Waals surface area contributed by atoms with Gasteiger partial charge in [-0.3, -0.25) is 0 Å².